The van der Waals surface area contributed by atoms with Crippen LogP contribution in [-0.4, -0.2) is 11.0 Å². The van der Waals surface area contributed by atoms with Gasteiger partial charge >= 0.3 is 0 Å². The van der Waals surface area contributed by atoms with Gasteiger partial charge in [-0.2, -0.15) is 0 Å². The largest absolute Gasteiger partial charge is 0.367 e. The molecule has 1 heterocycles. The molecule has 1 rings (SSSR count). The number of pyridine rings is 1. The standard InChI is InChI=1S/C15H26N2/c1-11(14(2,3)4)17-13-9-8-12(10-16-13)15(5,6)7/h8-11H,1-7H3,(H,16,17). The minimum absolute atomic E-state index is 0.168. The van der Waals surface area contributed by atoms with E-state index in [0.29, 0.717) is 6.04 Å². The fourth-order valence-electron chi connectivity index (χ4n) is 1.36. The van der Waals surface area contributed by atoms with Crippen LogP contribution in [0.1, 0.15) is 54.0 Å². The zero-order valence-corrected chi connectivity index (χ0v) is 12.3. The summed E-state index contributed by atoms with van der Waals surface area (Å²) in [5.41, 5.74) is 1.68. The van der Waals surface area contributed by atoms with Crippen LogP contribution in [0.4, 0.5) is 5.82 Å². The Labute approximate surface area is 106 Å². The van der Waals surface area contributed by atoms with Crippen LogP contribution in [0.3, 0.4) is 0 Å². The third-order valence-electron chi connectivity index (χ3n) is 3.29. The highest BCUT2D eigenvalue weighted by Crippen LogP contribution is 2.24. The highest BCUT2D eigenvalue weighted by Gasteiger charge is 2.20. The normalized spacial score (nSPS) is 14.5. The number of aromatic nitrogens is 1. The monoisotopic (exact) mass is 234 g/mol. The van der Waals surface area contributed by atoms with Crippen molar-refractivity contribution in [3.05, 3.63) is 23.9 Å². The molecule has 0 fully saturated rings. The molecule has 0 aromatic carbocycles. The Morgan fingerprint density at radius 2 is 1.65 bits per heavy atom. The third kappa shape index (κ3) is 4.03. The minimum atomic E-state index is 0.168. The van der Waals surface area contributed by atoms with Crippen LogP contribution in [0.15, 0.2) is 18.3 Å². The van der Waals surface area contributed by atoms with Gasteiger partial charge in [-0.1, -0.05) is 47.6 Å². The summed E-state index contributed by atoms with van der Waals surface area (Å²) < 4.78 is 0. The second-order valence-electron chi connectivity index (χ2n) is 6.91. The lowest BCUT2D eigenvalue weighted by Gasteiger charge is -2.28. The molecule has 17 heavy (non-hydrogen) atoms. The molecule has 2 nitrogen and oxygen atoms in total. The molecule has 1 aromatic rings. The number of nitrogens with one attached hydrogen (secondary N) is 1. The highest BCUT2D eigenvalue weighted by molar-refractivity contribution is 5.38. The van der Waals surface area contributed by atoms with Crippen molar-refractivity contribution in [2.75, 3.05) is 5.32 Å². The van der Waals surface area contributed by atoms with Gasteiger partial charge < -0.3 is 5.32 Å². The Balaban J connectivity index is 2.76. The van der Waals surface area contributed by atoms with Crippen molar-refractivity contribution in [2.24, 2.45) is 5.41 Å². The predicted octanol–water partition coefficient (Wildman–Crippen LogP) is 4.23. The number of hydrogen-bond donors (Lipinski definition) is 1. The van der Waals surface area contributed by atoms with Gasteiger partial charge in [0.25, 0.3) is 0 Å². The Bertz CT molecular complexity index is 352. The molecule has 1 unspecified atom stereocenters. The van der Waals surface area contributed by atoms with Gasteiger partial charge in [0.15, 0.2) is 0 Å². The lowest BCUT2D eigenvalue weighted by atomic mass is 9.87. The van der Waals surface area contributed by atoms with Crippen molar-refractivity contribution in [1.82, 2.24) is 4.98 Å². The molecule has 0 saturated carbocycles. The van der Waals surface area contributed by atoms with Crippen molar-refractivity contribution in [2.45, 2.75) is 59.9 Å². The van der Waals surface area contributed by atoms with Gasteiger partial charge in [-0.3, -0.25) is 0 Å². The van der Waals surface area contributed by atoms with E-state index in [-0.39, 0.29) is 10.8 Å². The minimum Gasteiger partial charge on any atom is -0.367 e. The maximum Gasteiger partial charge on any atom is 0.126 e. The summed E-state index contributed by atoms with van der Waals surface area (Å²) in [5.74, 6) is 0.959. The quantitative estimate of drug-likeness (QED) is 0.828. The summed E-state index contributed by atoms with van der Waals surface area (Å²) in [4.78, 5) is 4.49. The summed E-state index contributed by atoms with van der Waals surface area (Å²) in [6, 6.07) is 4.63. The van der Waals surface area contributed by atoms with Gasteiger partial charge in [0.2, 0.25) is 0 Å². The summed E-state index contributed by atoms with van der Waals surface area (Å²) >= 11 is 0. The second kappa shape index (κ2) is 4.67. The summed E-state index contributed by atoms with van der Waals surface area (Å²) in [7, 11) is 0. The molecule has 96 valence electrons. The van der Waals surface area contributed by atoms with Crippen LogP contribution in [-0.2, 0) is 5.41 Å². The first-order valence-electron chi connectivity index (χ1n) is 6.34. The molecule has 0 aliphatic rings. The first-order valence-corrected chi connectivity index (χ1v) is 6.34. The molecule has 0 saturated heterocycles. The van der Waals surface area contributed by atoms with Crippen molar-refractivity contribution in [3.63, 3.8) is 0 Å². The maximum atomic E-state index is 4.49. The zero-order chi connectivity index (χ0) is 13.3. The molecular formula is C15H26N2. The summed E-state index contributed by atoms with van der Waals surface area (Å²) in [5, 5.41) is 3.45. The smallest absolute Gasteiger partial charge is 0.126 e. The molecular weight excluding hydrogens is 208 g/mol. The molecule has 0 bridgehead atoms. The van der Waals surface area contributed by atoms with Crippen LogP contribution >= 0.6 is 0 Å². The third-order valence-corrected chi connectivity index (χ3v) is 3.29. The van der Waals surface area contributed by atoms with E-state index in [2.05, 4.69) is 70.9 Å². The predicted molar refractivity (Wildman–Crippen MR) is 75.5 cm³/mol. The van der Waals surface area contributed by atoms with E-state index in [1.54, 1.807) is 0 Å². The van der Waals surface area contributed by atoms with Gasteiger partial charge in [-0.05, 0) is 29.4 Å². The fourth-order valence-corrected chi connectivity index (χ4v) is 1.36. The molecule has 1 atom stereocenters. The van der Waals surface area contributed by atoms with Gasteiger partial charge in [-0.25, -0.2) is 4.98 Å². The van der Waals surface area contributed by atoms with Crippen LogP contribution in [0.5, 0.6) is 0 Å². The van der Waals surface area contributed by atoms with Gasteiger partial charge in [-0.15, -0.1) is 0 Å². The summed E-state index contributed by atoms with van der Waals surface area (Å²) in [6.45, 7) is 15.5. The molecule has 1 aromatic heterocycles. The maximum absolute atomic E-state index is 4.49. The van der Waals surface area contributed by atoms with Crippen molar-refractivity contribution in [1.29, 1.82) is 0 Å². The van der Waals surface area contributed by atoms with Gasteiger partial charge in [0, 0.05) is 12.2 Å². The van der Waals surface area contributed by atoms with Crippen molar-refractivity contribution < 1.29 is 0 Å². The second-order valence-corrected chi connectivity index (χ2v) is 6.91. The van der Waals surface area contributed by atoms with E-state index >= 15 is 0 Å². The first-order chi connectivity index (χ1) is 7.60. The van der Waals surface area contributed by atoms with Gasteiger partial charge in [0.05, 0.1) is 0 Å². The Hall–Kier alpha value is -1.05. The zero-order valence-electron chi connectivity index (χ0n) is 12.3. The average molecular weight is 234 g/mol. The molecule has 0 spiro atoms. The van der Waals surface area contributed by atoms with E-state index < -0.39 is 0 Å². The number of hydrogen-bond acceptors (Lipinski definition) is 2. The van der Waals surface area contributed by atoms with Crippen molar-refractivity contribution in [3.8, 4) is 0 Å². The van der Waals surface area contributed by atoms with Crippen LogP contribution in [0.2, 0.25) is 0 Å². The Morgan fingerprint density at radius 3 is 2.00 bits per heavy atom. The first kappa shape index (κ1) is 14.0. The fraction of sp³-hybridized carbons (Fsp3) is 0.667. The van der Waals surface area contributed by atoms with Crippen LogP contribution in [0.25, 0.3) is 0 Å². The van der Waals surface area contributed by atoms with Gasteiger partial charge in [0.1, 0.15) is 5.82 Å². The SMILES string of the molecule is CC(Nc1ccc(C(C)(C)C)cn1)C(C)(C)C. The molecule has 0 radical (unpaired) electrons. The topological polar surface area (TPSA) is 24.9 Å². The lowest BCUT2D eigenvalue weighted by Crippen LogP contribution is -2.31. The van der Waals surface area contributed by atoms with Crippen LogP contribution < -0.4 is 5.32 Å². The molecule has 1 N–H and O–H groups in total. The molecule has 0 amide bonds. The van der Waals surface area contributed by atoms with Crippen molar-refractivity contribution >= 4 is 5.82 Å². The molecule has 0 aliphatic heterocycles. The van der Waals surface area contributed by atoms with E-state index in [9.17, 15) is 0 Å². The van der Waals surface area contributed by atoms with E-state index in [1.807, 2.05) is 6.20 Å². The van der Waals surface area contributed by atoms with Crippen LogP contribution in [0, 0.1) is 5.41 Å². The Kier molecular flexibility index (Phi) is 3.85. The summed E-state index contributed by atoms with van der Waals surface area (Å²) in [6.07, 6.45) is 1.97. The lowest BCUT2D eigenvalue weighted by molar-refractivity contribution is 0.358. The Morgan fingerprint density at radius 1 is 1.06 bits per heavy atom. The highest BCUT2D eigenvalue weighted by atomic mass is 15.0. The van der Waals surface area contributed by atoms with E-state index in [1.165, 1.54) is 5.56 Å². The van der Waals surface area contributed by atoms with E-state index in [4.69, 9.17) is 0 Å². The number of anilines is 1. The molecule has 2 heteroatoms. The number of nitrogens with zero attached hydrogens (tertiary/aromatic N) is 1. The molecule has 0 aliphatic carbocycles. The van der Waals surface area contributed by atoms with E-state index in [0.717, 1.165) is 5.82 Å². The average Bonchev–Trinajstić information content (AvgIpc) is 2.15. The number of rotatable bonds is 2.